The van der Waals surface area contributed by atoms with Gasteiger partial charge in [-0.3, -0.25) is 10.1 Å². The molecule has 0 heterocycles. The summed E-state index contributed by atoms with van der Waals surface area (Å²) < 4.78 is 5.53. The third kappa shape index (κ3) is 3.71. The number of nitrogens with two attached hydrogens (primary N) is 1. The SMILES string of the molecule is CCC(C)(N)COc1ccc([N+](=O)[O-])c(C)c1. The summed E-state index contributed by atoms with van der Waals surface area (Å²) in [6.07, 6.45) is 0.805. The number of nitro groups is 1. The van der Waals surface area contributed by atoms with Crippen LogP contribution in [0.25, 0.3) is 0 Å². The second-order valence-electron chi connectivity index (χ2n) is 4.50. The number of ether oxygens (including phenoxy) is 1. The smallest absolute Gasteiger partial charge is 0.272 e. The molecule has 1 aromatic rings. The minimum Gasteiger partial charge on any atom is -0.492 e. The number of benzene rings is 1. The van der Waals surface area contributed by atoms with Gasteiger partial charge in [-0.1, -0.05) is 6.92 Å². The zero-order valence-electron chi connectivity index (χ0n) is 10.4. The van der Waals surface area contributed by atoms with Gasteiger partial charge in [-0.25, -0.2) is 0 Å². The highest BCUT2D eigenvalue weighted by Gasteiger charge is 2.17. The lowest BCUT2D eigenvalue weighted by Gasteiger charge is -2.22. The minimum absolute atomic E-state index is 0.100. The van der Waals surface area contributed by atoms with Crippen molar-refractivity contribution in [3.8, 4) is 5.75 Å². The minimum atomic E-state index is -0.405. The maximum absolute atomic E-state index is 10.6. The summed E-state index contributed by atoms with van der Waals surface area (Å²) >= 11 is 0. The number of hydrogen-bond donors (Lipinski definition) is 1. The summed E-state index contributed by atoms with van der Waals surface area (Å²) in [5.74, 6) is 0.609. The molecule has 1 unspecified atom stereocenters. The second kappa shape index (κ2) is 5.14. The number of hydrogen-bond acceptors (Lipinski definition) is 4. The van der Waals surface area contributed by atoms with E-state index in [-0.39, 0.29) is 11.2 Å². The molecule has 17 heavy (non-hydrogen) atoms. The first kappa shape index (κ1) is 13.4. The molecule has 0 aromatic heterocycles. The van der Waals surface area contributed by atoms with Crippen molar-refractivity contribution in [1.82, 2.24) is 0 Å². The lowest BCUT2D eigenvalue weighted by atomic mass is 10.0. The fraction of sp³-hybridized carbons (Fsp3) is 0.500. The van der Waals surface area contributed by atoms with Crippen molar-refractivity contribution < 1.29 is 9.66 Å². The quantitative estimate of drug-likeness (QED) is 0.631. The summed E-state index contributed by atoms with van der Waals surface area (Å²) in [5, 5.41) is 10.6. The maximum atomic E-state index is 10.6. The Labute approximate surface area is 101 Å². The number of nitro benzene ring substituents is 1. The molecule has 5 heteroatoms. The average molecular weight is 238 g/mol. The van der Waals surface area contributed by atoms with E-state index in [2.05, 4.69) is 0 Å². The van der Waals surface area contributed by atoms with Crippen molar-refractivity contribution in [3.63, 3.8) is 0 Å². The summed E-state index contributed by atoms with van der Waals surface area (Å²) in [6.45, 7) is 5.98. The Hall–Kier alpha value is -1.62. The van der Waals surface area contributed by atoms with E-state index in [9.17, 15) is 10.1 Å². The molecule has 1 rings (SSSR count). The molecule has 94 valence electrons. The molecule has 0 aliphatic heterocycles. The Morgan fingerprint density at radius 3 is 2.65 bits per heavy atom. The van der Waals surface area contributed by atoms with Gasteiger partial charge in [0, 0.05) is 17.2 Å². The fourth-order valence-electron chi connectivity index (χ4n) is 1.27. The van der Waals surface area contributed by atoms with Crippen LogP contribution in [-0.2, 0) is 0 Å². The first-order chi connectivity index (χ1) is 7.85. The van der Waals surface area contributed by atoms with Crippen LogP contribution >= 0.6 is 0 Å². The molecule has 0 saturated carbocycles. The highest BCUT2D eigenvalue weighted by Crippen LogP contribution is 2.23. The van der Waals surface area contributed by atoms with Crippen molar-refractivity contribution in [3.05, 3.63) is 33.9 Å². The molecule has 0 radical (unpaired) electrons. The van der Waals surface area contributed by atoms with Crippen LogP contribution in [0.4, 0.5) is 5.69 Å². The molecule has 0 saturated heterocycles. The van der Waals surface area contributed by atoms with Crippen molar-refractivity contribution in [2.24, 2.45) is 5.73 Å². The first-order valence-electron chi connectivity index (χ1n) is 5.52. The first-order valence-corrected chi connectivity index (χ1v) is 5.52. The Balaban J connectivity index is 2.75. The monoisotopic (exact) mass is 238 g/mol. The predicted octanol–water partition coefficient (Wildman–Crippen LogP) is 2.41. The van der Waals surface area contributed by atoms with E-state index < -0.39 is 4.92 Å². The van der Waals surface area contributed by atoms with Gasteiger partial charge in [0.1, 0.15) is 12.4 Å². The Bertz CT molecular complexity index is 416. The molecule has 0 spiro atoms. The van der Waals surface area contributed by atoms with E-state index in [0.717, 1.165) is 6.42 Å². The van der Waals surface area contributed by atoms with Crippen LogP contribution in [0, 0.1) is 17.0 Å². The zero-order valence-corrected chi connectivity index (χ0v) is 10.4. The maximum Gasteiger partial charge on any atom is 0.272 e. The largest absolute Gasteiger partial charge is 0.492 e. The number of nitrogens with zero attached hydrogens (tertiary/aromatic N) is 1. The highest BCUT2D eigenvalue weighted by atomic mass is 16.6. The number of aryl methyl sites for hydroxylation is 1. The summed E-state index contributed by atoms with van der Waals surface area (Å²) in [4.78, 5) is 10.2. The molecule has 0 aliphatic carbocycles. The van der Waals surface area contributed by atoms with Crippen molar-refractivity contribution in [1.29, 1.82) is 0 Å². The topological polar surface area (TPSA) is 78.4 Å². The Morgan fingerprint density at radius 2 is 2.18 bits per heavy atom. The van der Waals surface area contributed by atoms with E-state index in [1.165, 1.54) is 6.07 Å². The van der Waals surface area contributed by atoms with E-state index in [1.807, 2.05) is 13.8 Å². The molecule has 0 amide bonds. The molecule has 0 fully saturated rings. The molecule has 2 N–H and O–H groups in total. The Kier molecular flexibility index (Phi) is 4.07. The van der Waals surface area contributed by atoms with E-state index >= 15 is 0 Å². The standard InChI is InChI=1S/C12H18N2O3/c1-4-12(3,13)8-17-10-5-6-11(14(15)16)9(2)7-10/h5-7H,4,8,13H2,1-3H3. The van der Waals surface area contributed by atoms with Gasteiger partial charge in [0.15, 0.2) is 0 Å². The van der Waals surface area contributed by atoms with Gasteiger partial charge < -0.3 is 10.5 Å². The molecule has 5 nitrogen and oxygen atoms in total. The number of rotatable bonds is 5. The molecular formula is C12H18N2O3. The van der Waals surface area contributed by atoms with Gasteiger partial charge in [-0.05, 0) is 32.4 Å². The van der Waals surface area contributed by atoms with Crippen LogP contribution in [-0.4, -0.2) is 17.1 Å². The Morgan fingerprint density at radius 1 is 1.53 bits per heavy atom. The van der Waals surface area contributed by atoms with Crippen LogP contribution in [0.1, 0.15) is 25.8 Å². The average Bonchev–Trinajstić information content (AvgIpc) is 2.26. The van der Waals surface area contributed by atoms with Crippen molar-refractivity contribution in [2.45, 2.75) is 32.7 Å². The van der Waals surface area contributed by atoms with Gasteiger partial charge in [-0.2, -0.15) is 0 Å². The second-order valence-corrected chi connectivity index (χ2v) is 4.50. The third-order valence-corrected chi connectivity index (χ3v) is 2.74. The van der Waals surface area contributed by atoms with Gasteiger partial charge in [0.05, 0.1) is 4.92 Å². The molecule has 0 aliphatic rings. The third-order valence-electron chi connectivity index (χ3n) is 2.74. The van der Waals surface area contributed by atoms with Gasteiger partial charge >= 0.3 is 0 Å². The molecule has 1 atom stereocenters. The normalized spacial score (nSPS) is 14.1. The van der Waals surface area contributed by atoms with E-state index in [0.29, 0.717) is 17.9 Å². The molecule has 0 bridgehead atoms. The lowest BCUT2D eigenvalue weighted by molar-refractivity contribution is -0.385. The molecular weight excluding hydrogens is 220 g/mol. The van der Waals surface area contributed by atoms with Gasteiger partial charge in [0.25, 0.3) is 5.69 Å². The van der Waals surface area contributed by atoms with Crippen LogP contribution in [0.5, 0.6) is 5.75 Å². The zero-order chi connectivity index (χ0) is 13.1. The van der Waals surface area contributed by atoms with Gasteiger partial charge in [-0.15, -0.1) is 0 Å². The van der Waals surface area contributed by atoms with Crippen molar-refractivity contribution in [2.75, 3.05) is 6.61 Å². The highest BCUT2D eigenvalue weighted by molar-refractivity contribution is 5.44. The van der Waals surface area contributed by atoms with Crippen molar-refractivity contribution >= 4 is 5.69 Å². The van der Waals surface area contributed by atoms with Gasteiger partial charge in [0.2, 0.25) is 0 Å². The lowest BCUT2D eigenvalue weighted by Crippen LogP contribution is -2.41. The summed E-state index contributed by atoms with van der Waals surface area (Å²) in [5.41, 5.74) is 6.25. The van der Waals surface area contributed by atoms with E-state index in [1.54, 1.807) is 19.1 Å². The summed E-state index contributed by atoms with van der Waals surface area (Å²) in [7, 11) is 0. The predicted molar refractivity (Wildman–Crippen MR) is 66.2 cm³/mol. The molecule has 1 aromatic carbocycles. The van der Waals surface area contributed by atoms with Crippen LogP contribution < -0.4 is 10.5 Å². The van der Waals surface area contributed by atoms with E-state index in [4.69, 9.17) is 10.5 Å². The fourth-order valence-corrected chi connectivity index (χ4v) is 1.27. The summed E-state index contributed by atoms with van der Waals surface area (Å²) in [6, 6.07) is 4.70. The van der Waals surface area contributed by atoms with Crippen LogP contribution in [0.15, 0.2) is 18.2 Å². The van der Waals surface area contributed by atoms with Crippen LogP contribution in [0.2, 0.25) is 0 Å². The van der Waals surface area contributed by atoms with Crippen LogP contribution in [0.3, 0.4) is 0 Å².